The summed E-state index contributed by atoms with van der Waals surface area (Å²) in [7, 11) is 5.26. The summed E-state index contributed by atoms with van der Waals surface area (Å²) in [5, 5.41) is 0. The highest BCUT2D eigenvalue weighted by molar-refractivity contribution is 6.06. The van der Waals surface area contributed by atoms with Gasteiger partial charge in [0.2, 0.25) is 0 Å². The van der Waals surface area contributed by atoms with Gasteiger partial charge in [-0.15, -0.1) is 0 Å². The molecule has 32 heavy (non-hydrogen) atoms. The van der Waals surface area contributed by atoms with Crippen LogP contribution in [0.2, 0.25) is 0 Å². The molecular weight excluding hydrogens is 418 g/mol. The topological polar surface area (TPSA) is 101 Å². The Morgan fingerprint density at radius 1 is 0.844 bits per heavy atom. The zero-order valence-corrected chi connectivity index (χ0v) is 18.2. The van der Waals surface area contributed by atoms with Crippen LogP contribution in [-0.2, 0) is 28.5 Å². The van der Waals surface area contributed by atoms with E-state index in [1.165, 1.54) is 26.2 Å². The molecule has 0 aromatic heterocycles. The number of methoxy groups -OCH3 is 4. The van der Waals surface area contributed by atoms with Gasteiger partial charge in [-0.25, -0.2) is 14.4 Å². The smallest absolute Gasteiger partial charge is 0.355 e. The van der Waals surface area contributed by atoms with Crippen molar-refractivity contribution in [2.45, 2.75) is 0 Å². The minimum absolute atomic E-state index is 0.00903. The van der Waals surface area contributed by atoms with Gasteiger partial charge in [0.25, 0.3) is 0 Å². The van der Waals surface area contributed by atoms with Crippen LogP contribution in [0.15, 0.2) is 53.7 Å². The molecule has 1 aliphatic heterocycles. The van der Waals surface area contributed by atoms with Crippen LogP contribution < -0.4 is 9.64 Å². The molecule has 0 saturated carbocycles. The van der Waals surface area contributed by atoms with Crippen molar-refractivity contribution in [3.05, 3.63) is 59.3 Å². The van der Waals surface area contributed by atoms with E-state index in [-0.39, 0.29) is 30.2 Å². The molecule has 0 radical (unpaired) electrons. The first-order chi connectivity index (χ1) is 15.5. The molecule has 0 amide bonds. The molecule has 0 unspecified atom stereocenters. The number of benzene rings is 2. The summed E-state index contributed by atoms with van der Waals surface area (Å²) in [4.78, 5) is 39.1. The zero-order chi connectivity index (χ0) is 23.3. The van der Waals surface area contributed by atoms with Gasteiger partial charge in [-0.1, -0.05) is 18.2 Å². The maximum absolute atomic E-state index is 12.7. The highest BCUT2D eigenvalue weighted by atomic mass is 16.5. The standard InChI is InChI=1S/C23H23NO8/c1-28-15-10-8-14(9-11-15)19-16(21(25)29-2)6-5-7-18(19)24-13-32-12-17(22(26)30-3)20(24)23(27)31-4/h5-11H,12-13H2,1-4H3. The maximum Gasteiger partial charge on any atom is 0.355 e. The Kier molecular flexibility index (Phi) is 7.11. The van der Waals surface area contributed by atoms with Gasteiger partial charge in [-0.2, -0.15) is 0 Å². The SMILES string of the molecule is COC(=O)C1=C(C(=O)OC)N(c2cccc(C(=O)OC)c2-c2ccc(OC)cc2)COC1. The molecule has 3 rings (SSSR count). The highest BCUT2D eigenvalue weighted by Gasteiger charge is 2.34. The van der Waals surface area contributed by atoms with E-state index < -0.39 is 17.9 Å². The van der Waals surface area contributed by atoms with Gasteiger partial charge < -0.3 is 28.6 Å². The molecule has 9 nitrogen and oxygen atoms in total. The second-order valence-electron chi connectivity index (χ2n) is 6.64. The number of rotatable bonds is 6. The Morgan fingerprint density at radius 2 is 1.50 bits per heavy atom. The summed E-state index contributed by atoms with van der Waals surface area (Å²) in [6, 6.07) is 12.0. The molecule has 2 aromatic carbocycles. The number of ether oxygens (including phenoxy) is 5. The van der Waals surface area contributed by atoms with Gasteiger partial charge in [-0.05, 0) is 29.8 Å². The monoisotopic (exact) mass is 441 g/mol. The van der Waals surface area contributed by atoms with Crippen LogP contribution in [0.5, 0.6) is 5.75 Å². The summed E-state index contributed by atoms with van der Waals surface area (Å²) in [5.41, 5.74) is 1.84. The lowest BCUT2D eigenvalue weighted by atomic mass is 9.96. The normalized spacial score (nSPS) is 13.4. The van der Waals surface area contributed by atoms with E-state index in [0.29, 0.717) is 22.6 Å². The average molecular weight is 441 g/mol. The van der Waals surface area contributed by atoms with Crippen LogP contribution in [0.25, 0.3) is 11.1 Å². The molecule has 0 fully saturated rings. The number of esters is 3. The van der Waals surface area contributed by atoms with E-state index in [1.807, 2.05) is 0 Å². The third-order valence-corrected chi connectivity index (χ3v) is 4.95. The molecule has 2 aromatic rings. The van der Waals surface area contributed by atoms with Gasteiger partial charge >= 0.3 is 17.9 Å². The molecule has 1 heterocycles. The van der Waals surface area contributed by atoms with E-state index in [1.54, 1.807) is 49.6 Å². The lowest BCUT2D eigenvalue weighted by Crippen LogP contribution is -2.39. The number of anilines is 1. The maximum atomic E-state index is 12.7. The first kappa shape index (κ1) is 22.8. The Balaban J connectivity index is 2.29. The molecule has 168 valence electrons. The average Bonchev–Trinajstić information content (AvgIpc) is 2.86. The van der Waals surface area contributed by atoms with Crippen molar-refractivity contribution in [1.29, 1.82) is 0 Å². The van der Waals surface area contributed by atoms with Gasteiger partial charge in [0.1, 0.15) is 18.2 Å². The van der Waals surface area contributed by atoms with Gasteiger partial charge in [0, 0.05) is 5.56 Å². The second-order valence-corrected chi connectivity index (χ2v) is 6.64. The fraction of sp³-hybridized carbons (Fsp3) is 0.261. The molecule has 0 N–H and O–H groups in total. The molecule has 0 spiro atoms. The first-order valence-electron chi connectivity index (χ1n) is 9.57. The van der Waals surface area contributed by atoms with E-state index in [9.17, 15) is 14.4 Å². The summed E-state index contributed by atoms with van der Waals surface area (Å²) >= 11 is 0. The van der Waals surface area contributed by atoms with Gasteiger partial charge in [0.05, 0.1) is 51.9 Å². The van der Waals surface area contributed by atoms with E-state index >= 15 is 0 Å². The lowest BCUT2D eigenvalue weighted by molar-refractivity contribution is -0.140. The van der Waals surface area contributed by atoms with Crippen LogP contribution in [0.1, 0.15) is 10.4 Å². The number of carbonyl (C=O) groups is 3. The fourth-order valence-electron chi connectivity index (χ4n) is 3.44. The fourth-order valence-corrected chi connectivity index (χ4v) is 3.44. The summed E-state index contributed by atoms with van der Waals surface area (Å²) in [6.45, 7) is -0.180. The van der Waals surface area contributed by atoms with Crippen molar-refractivity contribution in [3.8, 4) is 16.9 Å². The third-order valence-electron chi connectivity index (χ3n) is 4.95. The molecule has 0 atom stereocenters. The van der Waals surface area contributed by atoms with Crippen LogP contribution in [0.3, 0.4) is 0 Å². The number of carbonyl (C=O) groups excluding carboxylic acids is 3. The van der Waals surface area contributed by atoms with Crippen LogP contribution in [0.4, 0.5) is 5.69 Å². The Morgan fingerprint density at radius 3 is 2.09 bits per heavy atom. The summed E-state index contributed by atoms with van der Waals surface area (Å²) in [5.74, 6) is -1.38. The number of hydrogen-bond acceptors (Lipinski definition) is 9. The molecule has 1 aliphatic rings. The van der Waals surface area contributed by atoms with E-state index in [0.717, 1.165) is 0 Å². The minimum atomic E-state index is -0.738. The Bertz CT molecular complexity index is 1060. The summed E-state index contributed by atoms with van der Waals surface area (Å²) in [6.07, 6.45) is 0. The van der Waals surface area contributed by atoms with Gasteiger partial charge in [-0.3, -0.25) is 0 Å². The third kappa shape index (κ3) is 4.28. The molecule has 0 bridgehead atoms. The first-order valence-corrected chi connectivity index (χ1v) is 9.57. The second kappa shape index (κ2) is 9.97. The molecule has 0 saturated heterocycles. The van der Waals surface area contributed by atoms with Gasteiger partial charge in [0.15, 0.2) is 0 Å². The van der Waals surface area contributed by atoms with Crippen molar-refractivity contribution in [1.82, 2.24) is 0 Å². The van der Waals surface area contributed by atoms with E-state index in [4.69, 9.17) is 23.7 Å². The number of hydrogen-bond donors (Lipinski definition) is 0. The van der Waals surface area contributed by atoms with Crippen molar-refractivity contribution in [2.24, 2.45) is 0 Å². The lowest BCUT2D eigenvalue weighted by Gasteiger charge is -2.33. The van der Waals surface area contributed by atoms with Crippen molar-refractivity contribution >= 4 is 23.6 Å². The molecular formula is C23H23NO8. The highest BCUT2D eigenvalue weighted by Crippen LogP contribution is 2.38. The van der Waals surface area contributed by atoms with Crippen LogP contribution in [0, 0.1) is 0 Å². The summed E-state index contributed by atoms with van der Waals surface area (Å²) < 4.78 is 25.5. The van der Waals surface area contributed by atoms with Crippen molar-refractivity contribution in [2.75, 3.05) is 46.7 Å². The van der Waals surface area contributed by atoms with Crippen molar-refractivity contribution in [3.63, 3.8) is 0 Å². The predicted molar refractivity (Wildman–Crippen MR) is 114 cm³/mol. The minimum Gasteiger partial charge on any atom is -0.497 e. The Hall–Kier alpha value is -3.85. The largest absolute Gasteiger partial charge is 0.497 e. The quantitative estimate of drug-likeness (QED) is 0.494. The van der Waals surface area contributed by atoms with Crippen LogP contribution in [-0.4, -0.2) is 59.7 Å². The zero-order valence-electron chi connectivity index (χ0n) is 18.2. The van der Waals surface area contributed by atoms with Crippen LogP contribution >= 0.6 is 0 Å². The predicted octanol–water partition coefficient (Wildman–Crippen LogP) is 2.54. The van der Waals surface area contributed by atoms with Crippen molar-refractivity contribution < 1.29 is 38.1 Å². The number of nitrogens with zero attached hydrogens (tertiary/aromatic N) is 1. The van der Waals surface area contributed by atoms with E-state index in [2.05, 4.69) is 0 Å². The molecule has 9 heteroatoms. The molecule has 0 aliphatic carbocycles. The Labute approximate surface area is 185 Å².